The molecule has 1 atom stereocenters. The highest BCUT2D eigenvalue weighted by atomic mass is 32.2. The second-order valence-corrected chi connectivity index (χ2v) is 6.44. The van der Waals surface area contributed by atoms with Crippen LogP contribution in [-0.4, -0.2) is 30.5 Å². The summed E-state index contributed by atoms with van der Waals surface area (Å²) in [5.41, 5.74) is 1.32. The zero-order valence-corrected chi connectivity index (χ0v) is 12.3. The smallest absolute Gasteiger partial charge is 0.0247 e. The van der Waals surface area contributed by atoms with Crippen molar-refractivity contribution in [3.05, 3.63) is 42.0 Å². The van der Waals surface area contributed by atoms with E-state index >= 15 is 0 Å². The van der Waals surface area contributed by atoms with Crippen LogP contribution in [0.15, 0.2) is 41.3 Å². The number of likely N-dealkylation sites (N-methyl/N-ethyl adjacent to an activating group) is 1. The van der Waals surface area contributed by atoms with Crippen molar-refractivity contribution in [2.24, 2.45) is 0 Å². The number of hydrogen-bond acceptors (Lipinski definition) is 3. The lowest BCUT2D eigenvalue weighted by molar-refractivity contribution is 0.542. The Morgan fingerprint density at radius 3 is 2.74 bits per heavy atom. The molecule has 1 saturated heterocycles. The van der Waals surface area contributed by atoms with E-state index in [0.717, 1.165) is 6.54 Å². The second-order valence-electron chi connectivity index (χ2n) is 5.27. The van der Waals surface area contributed by atoms with E-state index in [1.807, 2.05) is 11.9 Å². The highest BCUT2D eigenvalue weighted by Gasteiger charge is 2.21. The topological polar surface area (TPSA) is 15.3 Å². The minimum Gasteiger partial charge on any atom is -0.316 e. The van der Waals surface area contributed by atoms with Gasteiger partial charge < -0.3 is 5.32 Å². The molecule has 3 rings (SSSR count). The molecule has 0 aromatic heterocycles. The Morgan fingerprint density at radius 2 is 1.95 bits per heavy atom. The highest BCUT2D eigenvalue weighted by Crippen LogP contribution is 2.29. The van der Waals surface area contributed by atoms with Crippen LogP contribution in [-0.2, 0) is 0 Å². The Bertz CT molecular complexity index is 582. The second kappa shape index (κ2) is 5.53. The first-order valence-electron chi connectivity index (χ1n) is 6.85. The zero-order chi connectivity index (χ0) is 13.2. The largest absolute Gasteiger partial charge is 0.316 e. The lowest BCUT2D eigenvalue weighted by Crippen LogP contribution is -2.27. The summed E-state index contributed by atoms with van der Waals surface area (Å²) < 4.78 is 2.45. The van der Waals surface area contributed by atoms with Gasteiger partial charge in [-0.3, -0.25) is 0 Å². The minimum absolute atomic E-state index is 0.649. The minimum atomic E-state index is 0.649. The molecule has 19 heavy (non-hydrogen) atoms. The first kappa shape index (κ1) is 13.0. The molecule has 0 amide bonds. The molecule has 0 saturated carbocycles. The molecule has 1 unspecified atom stereocenters. The van der Waals surface area contributed by atoms with Crippen LogP contribution in [0.5, 0.6) is 0 Å². The monoisotopic (exact) mass is 272 g/mol. The first-order valence-corrected chi connectivity index (χ1v) is 7.62. The van der Waals surface area contributed by atoms with Crippen molar-refractivity contribution in [3.63, 3.8) is 0 Å². The Morgan fingerprint density at radius 1 is 1.16 bits per heavy atom. The molecule has 1 fully saturated rings. The van der Waals surface area contributed by atoms with Gasteiger partial charge in [-0.15, -0.1) is 0 Å². The van der Waals surface area contributed by atoms with Gasteiger partial charge in [0.05, 0.1) is 0 Å². The normalized spacial score (nSPS) is 20.2. The van der Waals surface area contributed by atoms with E-state index in [2.05, 4.69) is 60.0 Å². The van der Waals surface area contributed by atoms with Crippen molar-refractivity contribution >= 4 is 22.7 Å². The van der Waals surface area contributed by atoms with E-state index in [9.17, 15) is 0 Å². The molecule has 1 aliphatic rings. The summed E-state index contributed by atoms with van der Waals surface area (Å²) in [5.74, 6) is 0. The fraction of sp³-hybridized carbons (Fsp3) is 0.375. The van der Waals surface area contributed by atoms with Gasteiger partial charge in [0.1, 0.15) is 0 Å². The SMILES string of the molecule is CNC1CCN(Sc2ccc3cc(C)ccc3c2)C1. The van der Waals surface area contributed by atoms with Crippen LogP contribution in [0.2, 0.25) is 0 Å². The summed E-state index contributed by atoms with van der Waals surface area (Å²) in [4.78, 5) is 1.34. The van der Waals surface area contributed by atoms with Crippen molar-refractivity contribution in [1.82, 2.24) is 9.62 Å². The van der Waals surface area contributed by atoms with Crippen molar-refractivity contribution in [3.8, 4) is 0 Å². The van der Waals surface area contributed by atoms with Crippen LogP contribution in [0, 0.1) is 6.92 Å². The predicted molar refractivity (Wildman–Crippen MR) is 83.6 cm³/mol. The predicted octanol–water partition coefficient (Wildman–Crippen LogP) is 3.45. The van der Waals surface area contributed by atoms with Crippen molar-refractivity contribution in [1.29, 1.82) is 0 Å². The Labute approximate surface area is 119 Å². The third-order valence-electron chi connectivity index (χ3n) is 3.76. The van der Waals surface area contributed by atoms with Gasteiger partial charge in [0.25, 0.3) is 0 Å². The van der Waals surface area contributed by atoms with E-state index in [0.29, 0.717) is 6.04 Å². The number of aryl methyl sites for hydroxylation is 1. The molecule has 1 heterocycles. The number of benzene rings is 2. The molecule has 1 aliphatic heterocycles. The maximum absolute atomic E-state index is 3.36. The summed E-state index contributed by atoms with van der Waals surface area (Å²) >= 11 is 1.88. The molecular formula is C16H20N2S. The van der Waals surface area contributed by atoms with Crippen molar-refractivity contribution in [2.45, 2.75) is 24.3 Å². The summed E-state index contributed by atoms with van der Waals surface area (Å²) in [6.45, 7) is 4.44. The van der Waals surface area contributed by atoms with Crippen LogP contribution in [0.1, 0.15) is 12.0 Å². The number of nitrogens with one attached hydrogen (secondary N) is 1. The molecule has 1 N–H and O–H groups in total. The van der Waals surface area contributed by atoms with Gasteiger partial charge in [-0.05, 0) is 55.2 Å². The summed E-state index contributed by atoms with van der Waals surface area (Å²) in [6, 6.07) is 14.1. The molecule has 2 nitrogen and oxygen atoms in total. The lowest BCUT2D eigenvalue weighted by atomic mass is 10.1. The van der Waals surface area contributed by atoms with Crippen LogP contribution in [0.4, 0.5) is 0 Å². The molecular weight excluding hydrogens is 252 g/mol. The number of fused-ring (bicyclic) bond motifs is 1. The van der Waals surface area contributed by atoms with Gasteiger partial charge in [-0.25, -0.2) is 4.31 Å². The van der Waals surface area contributed by atoms with Crippen LogP contribution >= 0.6 is 11.9 Å². The third-order valence-corrected chi connectivity index (χ3v) is 4.82. The molecule has 0 aliphatic carbocycles. The molecule has 2 aromatic carbocycles. The van der Waals surface area contributed by atoms with Gasteiger partial charge in [0.2, 0.25) is 0 Å². The Hall–Kier alpha value is -1.03. The average Bonchev–Trinajstić information content (AvgIpc) is 2.86. The molecule has 100 valence electrons. The number of nitrogens with zero attached hydrogens (tertiary/aromatic N) is 1. The average molecular weight is 272 g/mol. The molecule has 2 aromatic rings. The van der Waals surface area contributed by atoms with Gasteiger partial charge >= 0.3 is 0 Å². The Balaban J connectivity index is 1.77. The van der Waals surface area contributed by atoms with Crippen molar-refractivity contribution < 1.29 is 0 Å². The van der Waals surface area contributed by atoms with Crippen LogP contribution < -0.4 is 5.32 Å². The maximum Gasteiger partial charge on any atom is 0.0247 e. The summed E-state index contributed by atoms with van der Waals surface area (Å²) in [5, 5.41) is 6.03. The molecule has 0 spiro atoms. The van der Waals surface area contributed by atoms with E-state index in [1.165, 1.54) is 34.2 Å². The Kier molecular flexibility index (Phi) is 3.78. The molecule has 0 bridgehead atoms. The highest BCUT2D eigenvalue weighted by molar-refractivity contribution is 7.97. The fourth-order valence-electron chi connectivity index (χ4n) is 2.60. The maximum atomic E-state index is 3.36. The van der Waals surface area contributed by atoms with Crippen LogP contribution in [0.25, 0.3) is 10.8 Å². The molecule has 3 heteroatoms. The van der Waals surface area contributed by atoms with E-state index < -0.39 is 0 Å². The van der Waals surface area contributed by atoms with Crippen LogP contribution in [0.3, 0.4) is 0 Å². The van der Waals surface area contributed by atoms with E-state index in [1.54, 1.807) is 0 Å². The number of hydrogen-bond donors (Lipinski definition) is 1. The third kappa shape index (κ3) is 2.94. The summed E-state index contributed by atoms with van der Waals surface area (Å²) in [7, 11) is 2.05. The van der Waals surface area contributed by atoms with Gasteiger partial charge in [0, 0.05) is 24.0 Å². The summed E-state index contributed by atoms with van der Waals surface area (Å²) in [6.07, 6.45) is 1.25. The fourth-order valence-corrected chi connectivity index (χ4v) is 3.65. The van der Waals surface area contributed by atoms with Gasteiger partial charge in [0.15, 0.2) is 0 Å². The lowest BCUT2D eigenvalue weighted by Gasteiger charge is -2.15. The standard InChI is InChI=1S/C16H20N2S/c1-12-3-4-14-10-16(6-5-13(14)9-12)19-18-8-7-15(11-18)17-2/h3-6,9-10,15,17H,7-8,11H2,1-2H3. The number of rotatable bonds is 3. The zero-order valence-electron chi connectivity index (χ0n) is 11.5. The quantitative estimate of drug-likeness (QED) is 0.862. The van der Waals surface area contributed by atoms with E-state index in [-0.39, 0.29) is 0 Å². The van der Waals surface area contributed by atoms with Gasteiger partial charge in [-0.1, -0.05) is 29.8 Å². The van der Waals surface area contributed by atoms with E-state index in [4.69, 9.17) is 0 Å². The molecule has 0 radical (unpaired) electrons. The first-order chi connectivity index (χ1) is 9.24. The van der Waals surface area contributed by atoms with Crippen molar-refractivity contribution in [2.75, 3.05) is 20.1 Å². The van der Waals surface area contributed by atoms with Gasteiger partial charge in [-0.2, -0.15) is 0 Å².